The van der Waals surface area contributed by atoms with Crippen molar-refractivity contribution in [2.24, 2.45) is 0 Å². The highest BCUT2D eigenvalue weighted by atomic mass is 14.9. The van der Waals surface area contributed by atoms with Gasteiger partial charge < -0.3 is 8.80 Å². The Labute approximate surface area is 288 Å². The first kappa shape index (κ1) is 26.1. The molecule has 0 N–H and O–H groups in total. The van der Waals surface area contributed by atoms with E-state index < -0.39 is 0 Å². The highest BCUT2D eigenvalue weighted by molar-refractivity contribution is 6.30. The lowest BCUT2D eigenvalue weighted by molar-refractivity contribution is 0.664. The van der Waals surface area contributed by atoms with E-state index in [4.69, 9.17) is 0 Å². The number of nitrogens with zero attached hydrogens (tertiary/aromatic N) is 2. The van der Waals surface area contributed by atoms with Gasteiger partial charge in [0.25, 0.3) is 0 Å². The topological polar surface area (TPSA) is 8.82 Å². The van der Waals surface area contributed by atoms with Crippen LogP contribution in [0.5, 0.6) is 0 Å². The molecule has 13 rings (SSSR count). The maximum Gasteiger partial charge on any atom is 0.0620 e. The van der Waals surface area contributed by atoms with Crippen molar-refractivity contribution in [3.63, 3.8) is 0 Å². The second kappa shape index (κ2) is 7.95. The summed E-state index contributed by atoms with van der Waals surface area (Å²) >= 11 is 0. The van der Waals surface area contributed by atoms with Gasteiger partial charge in [0.1, 0.15) is 0 Å². The SMILES string of the molecule is CC1(C)c2ccccc2-c2ccc3c4cccc5c6cc7c(cc6n(c3c21)c54)c1cccc2c3ccc4c(c3n7c12)C(C)(C)c1ccccc1-4. The molecular formula is C48H32N2. The van der Waals surface area contributed by atoms with Crippen molar-refractivity contribution >= 4 is 76.2 Å². The molecule has 234 valence electrons. The first-order valence-corrected chi connectivity index (χ1v) is 18.0. The van der Waals surface area contributed by atoms with Crippen LogP contribution < -0.4 is 0 Å². The van der Waals surface area contributed by atoms with E-state index in [1.807, 2.05) is 0 Å². The summed E-state index contributed by atoms with van der Waals surface area (Å²) < 4.78 is 5.26. The normalized spacial score (nSPS) is 15.9. The van der Waals surface area contributed by atoms with Crippen LogP contribution in [0.25, 0.3) is 98.4 Å². The van der Waals surface area contributed by atoms with Crippen molar-refractivity contribution in [3.05, 3.63) is 144 Å². The van der Waals surface area contributed by atoms with Crippen LogP contribution in [0.15, 0.2) is 121 Å². The zero-order valence-electron chi connectivity index (χ0n) is 28.4. The van der Waals surface area contributed by atoms with Crippen LogP contribution in [0.2, 0.25) is 0 Å². The Morgan fingerprint density at radius 1 is 0.340 bits per heavy atom. The predicted octanol–water partition coefficient (Wildman–Crippen LogP) is 12.6. The van der Waals surface area contributed by atoms with Crippen molar-refractivity contribution in [2.75, 3.05) is 0 Å². The van der Waals surface area contributed by atoms with Gasteiger partial charge in [0.15, 0.2) is 0 Å². The Hall–Kier alpha value is -5.86. The highest BCUT2D eigenvalue weighted by Crippen LogP contribution is 2.56. The largest absolute Gasteiger partial charge is 0.308 e. The Kier molecular flexibility index (Phi) is 4.15. The van der Waals surface area contributed by atoms with Crippen LogP contribution in [-0.4, -0.2) is 8.80 Å². The number of aromatic nitrogens is 2. The van der Waals surface area contributed by atoms with E-state index in [0.29, 0.717) is 0 Å². The summed E-state index contributed by atoms with van der Waals surface area (Å²) in [5.41, 5.74) is 19.0. The third-order valence-corrected chi connectivity index (χ3v) is 13.1. The van der Waals surface area contributed by atoms with Gasteiger partial charge in [0.05, 0.1) is 33.1 Å². The average molecular weight is 637 g/mol. The van der Waals surface area contributed by atoms with Gasteiger partial charge in [0.2, 0.25) is 0 Å². The summed E-state index contributed by atoms with van der Waals surface area (Å²) in [6, 6.07) is 46.5. The average Bonchev–Trinajstić information content (AvgIpc) is 3.93. The molecule has 7 aromatic carbocycles. The second-order valence-electron chi connectivity index (χ2n) is 16.1. The van der Waals surface area contributed by atoms with Gasteiger partial charge in [0, 0.05) is 53.9 Å². The fraction of sp³-hybridized carbons (Fsp3) is 0.125. The molecule has 0 saturated heterocycles. The van der Waals surface area contributed by atoms with Gasteiger partial charge in [-0.15, -0.1) is 0 Å². The molecule has 0 bridgehead atoms. The van der Waals surface area contributed by atoms with Gasteiger partial charge in [-0.2, -0.15) is 0 Å². The quantitative estimate of drug-likeness (QED) is 0.157. The Bertz CT molecular complexity index is 3140. The minimum absolute atomic E-state index is 0.105. The predicted molar refractivity (Wildman–Crippen MR) is 211 cm³/mol. The lowest BCUT2D eigenvalue weighted by Crippen LogP contribution is -2.16. The van der Waals surface area contributed by atoms with Crippen molar-refractivity contribution in [2.45, 2.75) is 38.5 Å². The van der Waals surface area contributed by atoms with Crippen LogP contribution >= 0.6 is 0 Å². The molecule has 0 saturated carbocycles. The molecule has 0 aliphatic heterocycles. The molecule has 0 atom stereocenters. The van der Waals surface area contributed by atoms with E-state index >= 15 is 0 Å². The van der Waals surface area contributed by atoms with E-state index in [-0.39, 0.29) is 10.8 Å². The van der Waals surface area contributed by atoms with Gasteiger partial charge >= 0.3 is 0 Å². The molecule has 0 spiro atoms. The maximum absolute atomic E-state index is 2.63. The number of para-hydroxylation sites is 2. The second-order valence-corrected chi connectivity index (χ2v) is 16.1. The maximum atomic E-state index is 2.63. The van der Waals surface area contributed by atoms with Crippen molar-refractivity contribution < 1.29 is 0 Å². The van der Waals surface area contributed by atoms with E-state index in [2.05, 4.69) is 158 Å². The van der Waals surface area contributed by atoms with Gasteiger partial charge in [-0.3, -0.25) is 0 Å². The molecule has 4 aromatic heterocycles. The van der Waals surface area contributed by atoms with E-state index in [0.717, 1.165) is 0 Å². The Morgan fingerprint density at radius 3 is 1.16 bits per heavy atom. The van der Waals surface area contributed by atoms with Gasteiger partial charge in [-0.05, 0) is 56.6 Å². The third-order valence-electron chi connectivity index (χ3n) is 13.1. The van der Waals surface area contributed by atoms with Crippen LogP contribution in [0, 0.1) is 0 Å². The third kappa shape index (κ3) is 2.58. The van der Waals surface area contributed by atoms with Gasteiger partial charge in [-0.25, -0.2) is 0 Å². The van der Waals surface area contributed by atoms with Crippen LogP contribution in [-0.2, 0) is 10.8 Å². The summed E-state index contributed by atoms with van der Waals surface area (Å²) in [5.74, 6) is 0. The molecule has 4 heterocycles. The monoisotopic (exact) mass is 636 g/mol. The molecule has 2 aliphatic carbocycles. The molecule has 2 heteroatoms. The lowest BCUT2D eigenvalue weighted by Gasteiger charge is -2.22. The van der Waals surface area contributed by atoms with E-state index in [9.17, 15) is 0 Å². The minimum Gasteiger partial charge on any atom is -0.308 e. The van der Waals surface area contributed by atoms with Crippen LogP contribution in [0.3, 0.4) is 0 Å². The molecule has 2 aliphatic rings. The molecule has 50 heavy (non-hydrogen) atoms. The fourth-order valence-electron chi connectivity index (χ4n) is 11.1. The van der Waals surface area contributed by atoms with Crippen LogP contribution in [0.4, 0.5) is 0 Å². The van der Waals surface area contributed by atoms with E-state index in [1.165, 1.54) is 121 Å². The van der Waals surface area contributed by atoms with Crippen molar-refractivity contribution in [1.29, 1.82) is 0 Å². The minimum atomic E-state index is -0.105. The lowest BCUT2D eigenvalue weighted by atomic mass is 9.81. The summed E-state index contributed by atoms with van der Waals surface area (Å²) in [6.07, 6.45) is 0. The Balaban J connectivity index is 1.24. The van der Waals surface area contributed by atoms with Crippen molar-refractivity contribution in [3.8, 4) is 22.3 Å². The number of rotatable bonds is 0. The summed E-state index contributed by atoms with van der Waals surface area (Å²) in [7, 11) is 0. The molecule has 0 amide bonds. The fourth-order valence-corrected chi connectivity index (χ4v) is 11.1. The molecule has 11 aromatic rings. The molecular weight excluding hydrogens is 605 g/mol. The first-order chi connectivity index (χ1) is 24.4. The summed E-state index contributed by atoms with van der Waals surface area (Å²) in [5, 5.41) is 10.7. The van der Waals surface area contributed by atoms with Crippen molar-refractivity contribution in [1.82, 2.24) is 8.80 Å². The smallest absolute Gasteiger partial charge is 0.0620 e. The first-order valence-electron chi connectivity index (χ1n) is 18.0. The zero-order valence-corrected chi connectivity index (χ0v) is 28.4. The zero-order chi connectivity index (χ0) is 33.0. The molecule has 0 radical (unpaired) electrons. The van der Waals surface area contributed by atoms with E-state index in [1.54, 1.807) is 0 Å². The Morgan fingerprint density at radius 2 is 0.720 bits per heavy atom. The molecule has 0 fully saturated rings. The van der Waals surface area contributed by atoms with Crippen LogP contribution in [0.1, 0.15) is 49.9 Å². The number of benzene rings is 7. The summed E-state index contributed by atoms with van der Waals surface area (Å²) in [6.45, 7) is 9.66. The standard InChI is InChI=1S/C48H32N2/c1-47(2)37-17-7-5-11-25(37)27-19-21-33-29-13-9-15-31-35-24-40-36(23-39(35)49(43(29)31)45(33)41(27)47)32-16-10-14-30-34-22-20-28-26-12-6-8-18-38(26)48(3,4)42(28)46(34)50(40)44(30)32/h5-24H,1-4H3. The highest BCUT2D eigenvalue weighted by Gasteiger charge is 2.40. The molecule has 0 unspecified atom stereocenters. The van der Waals surface area contributed by atoms with Gasteiger partial charge in [-0.1, -0.05) is 137 Å². The number of hydrogen-bond acceptors (Lipinski definition) is 0. The number of fused-ring (bicyclic) bond motifs is 20. The molecule has 2 nitrogen and oxygen atoms in total. The summed E-state index contributed by atoms with van der Waals surface area (Å²) in [4.78, 5) is 0. The number of hydrogen-bond donors (Lipinski definition) is 0.